The Balaban J connectivity index is 2.38. The highest BCUT2D eigenvalue weighted by Crippen LogP contribution is 2.23. The molecular weight excluding hydrogens is 240 g/mol. The number of halogens is 1. The molecule has 1 rings (SSSR count). The Morgan fingerprint density at radius 3 is 2.53 bits per heavy atom. The van der Waals surface area contributed by atoms with Crippen molar-refractivity contribution < 1.29 is 4.74 Å². The number of ether oxygens (including phenoxy) is 1. The number of nitrogens with zero attached hydrogens (tertiary/aromatic N) is 2. The second-order valence-corrected chi connectivity index (χ2v) is 4.43. The van der Waals surface area contributed by atoms with Crippen LogP contribution in [0.2, 0.25) is 0 Å². The Morgan fingerprint density at radius 2 is 2.00 bits per heavy atom. The van der Waals surface area contributed by atoms with Gasteiger partial charge in [0, 0.05) is 6.54 Å². The Hall–Kier alpha value is -1.13. The third kappa shape index (κ3) is 5.15. The highest BCUT2D eigenvalue weighted by molar-refractivity contribution is 6.20. The summed E-state index contributed by atoms with van der Waals surface area (Å²) in [5, 5.41) is 2.75. The fourth-order valence-electron chi connectivity index (χ4n) is 1.35. The predicted octanol–water partition coefficient (Wildman–Crippen LogP) is 3.02. The van der Waals surface area contributed by atoms with E-state index in [9.17, 15) is 4.91 Å². The van der Waals surface area contributed by atoms with Crippen LogP contribution in [0.5, 0.6) is 5.75 Å². The topological polar surface area (TPSA) is 41.9 Å². The lowest BCUT2D eigenvalue weighted by molar-refractivity contribution is 0.281. The van der Waals surface area contributed by atoms with E-state index < -0.39 is 5.50 Å². The van der Waals surface area contributed by atoms with Crippen LogP contribution in [0.3, 0.4) is 0 Å². The molecule has 0 aromatic heterocycles. The minimum Gasteiger partial charge on any atom is -0.494 e. The molecule has 0 bridgehead atoms. The van der Waals surface area contributed by atoms with E-state index in [0.29, 0.717) is 12.2 Å². The molecule has 0 amide bonds. The third-order valence-corrected chi connectivity index (χ3v) is 2.60. The SMILES string of the molecule is CN(C)CCCOc1ccc(C(Cl)N=O)cc1. The summed E-state index contributed by atoms with van der Waals surface area (Å²) in [5.41, 5.74) is -0.139. The average molecular weight is 257 g/mol. The fourth-order valence-corrected chi connectivity index (χ4v) is 1.50. The van der Waals surface area contributed by atoms with Crippen LogP contribution in [0.4, 0.5) is 0 Å². The first-order valence-electron chi connectivity index (χ1n) is 5.47. The molecule has 0 heterocycles. The van der Waals surface area contributed by atoms with Crippen molar-refractivity contribution in [2.45, 2.75) is 11.9 Å². The quantitative estimate of drug-likeness (QED) is 0.326. The Labute approximate surface area is 106 Å². The maximum atomic E-state index is 10.2. The lowest BCUT2D eigenvalue weighted by atomic mass is 10.2. The van der Waals surface area contributed by atoms with Gasteiger partial charge in [0.1, 0.15) is 5.75 Å². The molecule has 0 fully saturated rings. The van der Waals surface area contributed by atoms with Gasteiger partial charge in [0.2, 0.25) is 0 Å². The zero-order valence-electron chi connectivity index (χ0n) is 10.1. The molecule has 0 radical (unpaired) electrons. The van der Waals surface area contributed by atoms with Crippen molar-refractivity contribution in [2.24, 2.45) is 5.18 Å². The number of hydrogen-bond donors (Lipinski definition) is 0. The number of hydrogen-bond acceptors (Lipinski definition) is 4. The van der Waals surface area contributed by atoms with E-state index in [1.807, 2.05) is 14.1 Å². The van der Waals surface area contributed by atoms with Crippen LogP contribution in [0.1, 0.15) is 17.5 Å². The molecule has 94 valence electrons. The van der Waals surface area contributed by atoms with E-state index in [0.717, 1.165) is 18.7 Å². The van der Waals surface area contributed by atoms with Crippen molar-refractivity contribution in [3.05, 3.63) is 34.7 Å². The maximum Gasteiger partial charge on any atom is 0.190 e. The molecule has 1 aromatic rings. The minimum atomic E-state index is -0.821. The molecule has 0 N–H and O–H groups in total. The summed E-state index contributed by atoms with van der Waals surface area (Å²) in [6.07, 6.45) is 0.975. The molecule has 0 aliphatic heterocycles. The zero-order chi connectivity index (χ0) is 12.7. The van der Waals surface area contributed by atoms with E-state index in [-0.39, 0.29) is 0 Å². The number of alkyl halides is 1. The molecule has 1 unspecified atom stereocenters. The van der Waals surface area contributed by atoms with Gasteiger partial charge in [-0.1, -0.05) is 23.7 Å². The summed E-state index contributed by atoms with van der Waals surface area (Å²) in [5.74, 6) is 0.780. The summed E-state index contributed by atoms with van der Waals surface area (Å²) in [7, 11) is 4.06. The van der Waals surface area contributed by atoms with Crippen LogP contribution in [0.25, 0.3) is 0 Å². The first-order chi connectivity index (χ1) is 8.13. The van der Waals surface area contributed by atoms with Gasteiger partial charge in [-0.3, -0.25) is 0 Å². The lowest BCUT2D eigenvalue weighted by Gasteiger charge is -2.10. The third-order valence-electron chi connectivity index (χ3n) is 2.27. The van der Waals surface area contributed by atoms with Crippen LogP contribution >= 0.6 is 11.6 Å². The van der Waals surface area contributed by atoms with Crippen molar-refractivity contribution in [1.29, 1.82) is 0 Å². The first kappa shape index (κ1) is 13.9. The molecule has 1 aromatic carbocycles. The second-order valence-electron chi connectivity index (χ2n) is 4.02. The number of rotatable bonds is 7. The van der Waals surface area contributed by atoms with Gasteiger partial charge in [-0.15, -0.1) is 4.91 Å². The molecule has 0 saturated heterocycles. The standard InChI is InChI=1S/C12H17ClN2O2/c1-15(2)8-3-9-17-11-6-4-10(5-7-11)12(13)14-16/h4-7,12H,3,8-9H2,1-2H3. The van der Waals surface area contributed by atoms with Crippen molar-refractivity contribution in [1.82, 2.24) is 4.90 Å². The predicted molar refractivity (Wildman–Crippen MR) is 69.5 cm³/mol. The summed E-state index contributed by atoms with van der Waals surface area (Å²) in [6, 6.07) is 7.10. The summed E-state index contributed by atoms with van der Waals surface area (Å²) < 4.78 is 5.55. The molecule has 17 heavy (non-hydrogen) atoms. The number of nitroso groups, excluding NO2 is 1. The molecule has 0 spiro atoms. The van der Waals surface area contributed by atoms with Crippen LogP contribution in [-0.4, -0.2) is 32.1 Å². The Bertz CT molecular complexity index is 341. The fraction of sp³-hybridized carbons (Fsp3) is 0.500. The largest absolute Gasteiger partial charge is 0.494 e. The summed E-state index contributed by atoms with van der Waals surface area (Å²) in [4.78, 5) is 12.4. The molecule has 1 atom stereocenters. The smallest absolute Gasteiger partial charge is 0.190 e. The molecule has 4 nitrogen and oxygen atoms in total. The van der Waals surface area contributed by atoms with E-state index in [4.69, 9.17) is 16.3 Å². The lowest BCUT2D eigenvalue weighted by Crippen LogP contribution is -2.15. The van der Waals surface area contributed by atoms with Crippen LogP contribution in [0, 0.1) is 4.91 Å². The molecular formula is C12H17ClN2O2. The van der Waals surface area contributed by atoms with Gasteiger partial charge in [0.25, 0.3) is 0 Å². The van der Waals surface area contributed by atoms with Crippen LogP contribution < -0.4 is 4.74 Å². The summed E-state index contributed by atoms with van der Waals surface area (Å²) >= 11 is 5.68. The normalized spacial score (nSPS) is 12.5. The van der Waals surface area contributed by atoms with Gasteiger partial charge in [0.05, 0.1) is 6.61 Å². The monoisotopic (exact) mass is 256 g/mol. The van der Waals surface area contributed by atoms with E-state index >= 15 is 0 Å². The van der Waals surface area contributed by atoms with Gasteiger partial charge in [-0.2, -0.15) is 0 Å². The van der Waals surface area contributed by atoms with E-state index in [1.165, 1.54) is 0 Å². The van der Waals surface area contributed by atoms with Crippen molar-refractivity contribution in [3.63, 3.8) is 0 Å². The zero-order valence-corrected chi connectivity index (χ0v) is 10.9. The Kier molecular flexibility index (Phi) is 5.94. The number of benzene rings is 1. The van der Waals surface area contributed by atoms with Gasteiger partial charge >= 0.3 is 0 Å². The second kappa shape index (κ2) is 7.25. The highest BCUT2D eigenvalue weighted by Gasteiger charge is 2.06. The molecule has 0 aliphatic carbocycles. The maximum absolute atomic E-state index is 10.2. The van der Waals surface area contributed by atoms with Crippen molar-refractivity contribution >= 4 is 11.6 Å². The van der Waals surface area contributed by atoms with Crippen molar-refractivity contribution in [2.75, 3.05) is 27.2 Å². The van der Waals surface area contributed by atoms with Gasteiger partial charge in [-0.05, 0) is 43.4 Å². The van der Waals surface area contributed by atoms with Crippen molar-refractivity contribution in [3.8, 4) is 5.75 Å². The molecule has 5 heteroatoms. The summed E-state index contributed by atoms with van der Waals surface area (Å²) in [6.45, 7) is 1.67. The van der Waals surface area contributed by atoms with Gasteiger partial charge < -0.3 is 9.64 Å². The molecule has 0 aliphatic rings. The van der Waals surface area contributed by atoms with E-state index in [2.05, 4.69) is 10.1 Å². The van der Waals surface area contributed by atoms with E-state index in [1.54, 1.807) is 24.3 Å². The first-order valence-corrected chi connectivity index (χ1v) is 5.91. The molecule has 0 saturated carbocycles. The van der Waals surface area contributed by atoms with Crippen LogP contribution in [-0.2, 0) is 0 Å². The van der Waals surface area contributed by atoms with Gasteiger partial charge in [-0.25, -0.2) is 0 Å². The highest BCUT2D eigenvalue weighted by atomic mass is 35.5. The minimum absolute atomic E-state index is 0.674. The Morgan fingerprint density at radius 1 is 1.35 bits per heavy atom. The van der Waals surface area contributed by atoms with Gasteiger partial charge in [0.15, 0.2) is 5.50 Å². The average Bonchev–Trinajstić information content (AvgIpc) is 2.34. The van der Waals surface area contributed by atoms with Crippen LogP contribution in [0.15, 0.2) is 29.4 Å².